The Labute approximate surface area is 332 Å². The van der Waals surface area contributed by atoms with Crippen LogP contribution in [0.25, 0.3) is 0 Å². The molecule has 4 aromatic rings. The summed E-state index contributed by atoms with van der Waals surface area (Å²) >= 11 is 12.6. The van der Waals surface area contributed by atoms with Gasteiger partial charge >= 0.3 is 6.18 Å². The van der Waals surface area contributed by atoms with E-state index in [1.165, 1.54) is 38.4 Å². The van der Waals surface area contributed by atoms with Gasteiger partial charge in [-0.1, -0.05) is 53.1 Å². The van der Waals surface area contributed by atoms with Gasteiger partial charge in [0, 0.05) is 18.0 Å². The van der Waals surface area contributed by atoms with Crippen molar-refractivity contribution in [3.05, 3.63) is 123 Å². The Bertz CT molecular complexity index is 2380. The third-order valence-corrected chi connectivity index (χ3v) is 12.0. The van der Waals surface area contributed by atoms with Crippen LogP contribution in [-0.4, -0.2) is 57.9 Å². The van der Waals surface area contributed by atoms with Crippen LogP contribution in [0.2, 0.25) is 10.0 Å². The Morgan fingerprint density at radius 2 is 1.63 bits per heavy atom. The second-order valence-corrected chi connectivity index (χ2v) is 15.2. The maximum Gasteiger partial charge on any atom is 0.433 e. The lowest BCUT2D eigenvalue weighted by atomic mass is 9.49. The fourth-order valence-corrected chi connectivity index (χ4v) is 9.46. The molecule has 0 unspecified atom stereocenters. The first-order valence-corrected chi connectivity index (χ1v) is 18.4. The maximum absolute atomic E-state index is 15.3. The van der Waals surface area contributed by atoms with Crippen molar-refractivity contribution in [2.75, 3.05) is 24.6 Å². The van der Waals surface area contributed by atoms with Crippen LogP contribution in [0.5, 0.6) is 11.5 Å². The number of amides is 4. The van der Waals surface area contributed by atoms with Crippen LogP contribution < -0.4 is 15.2 Å². The number of ether oxygens (including phenoxy) is 1. The molecule has 2 aliphatic carbocycles. The van der Waals surface area contributed by atoms with Gasteiger partial charge < -0.3 is 9.84 Å². The molecule has 57 heavy (non-hydrogen) atoms. The number of hydrazine groups is 2. The molecule has 3 aromatic carbocycles. The standard InChI is InChI=1S/C40H31Cl2F4N5O6/c1-49(34-28(42)14-16-31(47-34)40(44,45)46)51-35(53)25-13-12-24-26(32(25)37(51)55)18-27-36(54)50(48-23-10-8-22(43)9-11-23)38(56)39(27,20-4-6-21(41)7-5-20)33(24)19-3-15-30(57-2)29(52)17-19/h3-12,14-17,25-27,32-33,48,52H,13,18H2,1-2H3/t25-,26+,27-,32-,33-,39+/m0/s1. The van der Waals surface area contributed by atoms with Gasteiger partial charge in [-0.2, -0.15) is 23.2 Å². The molecule has 3 fully saturated rings. The third kappa shape index (κ3) is 5.89. The highest BCUT2D eigenvalue weighted by molar-refractivity contribution is 6.33. The SMILES string of the molecule is COc1ccc([C@H]2C3=CC[C@@H]4C(=O)N(N(C)c5nc(C(F)(F)F)ccc5Cl)C(=O)[C@@H]4[C@@H]3C[C@H]3C(=O)N(Nc4ccc(F)cc4)C(=O)[C@@]23c2ccc(Cl)cc2)cc1O. The molecule has 2 N–H and O–H groups in total. The number of alkyl halides is 3. The van der Waals surface area contributed by atoms with E-state index < -0.39 is 82.1 Å². The second kappa shape index (κ2) is 13.8. The summed E-state index contributed by atoms with van der Waals surface area (Å²) in [5, 5.41) is 13.7. The predicted octanol–water partition coefficient (Wildman–Crippen LogP) is 7.30. The van der Waals surface area contributed by atoms with Gasteiger partial charge in [-0.25, -0.2) is 9.37 Å². The number of imide groups is 2. The number of fused-ring (bicyclic) bond motifs is 4. The van der Waals surface area contributed by atoms with Crippen molar-refractivity contribution in [3.8, 4) is 11.5 Å². The van der Waals surface area contributed by atoms with Crippen molar-refractivity contribution >= 4 is 58.3 Å². The number of rotatable bonds is 7. The number of phenolic OH excluding ortho intramolecular Hbond substituents is 1. The monoisotopic (exact) mass is 823 g/mol. The topological polar surface area (TPSA) is 132 Å². The van der Waals surface area contributed by atoms with E-state index in [1.807, 2.05) is 0 Å². The molecular formula is C40H31Cl2F4N5O6. The van der Waals surface area contributed by atoms with E-state index in [0.29, 0.717) is 27.8 Å². The number of phenols is 1. The van der Waals surface area contributed by atoms with Crippen LogP contribution in [0, 0.1) is 29.5 Å². The number of carbonyl (C=O) groups is 4. The highest BCUT2D eigenvalue weighted by atomic mass is 35.5. The number of hydrogen-bond acceptors (Lipinski definition) is 9. The zero-order valence-electron chi connectivity index (χ0n) is 29.9. The average molecular weight is 825 g/mol. The molecule has 8 rings (SSSR count). The molecule has 0 radical (unpaired) electrons. The van der Waals surface area contributed by atoms with Gasteiger partial charge in [0.2, 0.25) is 0 Å². The average Bonchev–Trinajstić information content (AvgIpc) is 3.56. The first-order chi connectivity index (χ1) is 27.1. The van der Waals surface area contributed by atoms with E-state index in [9.17, 15) is 37.1 Å². The summed E-state index contributed by atoms with van der Waals surface area (Å²) in [6.07, 6.45) is -3.20. The van der Waals surface area contributed by atoms with E-state index in [-0.39, 0.29) is 35.1 Å². The molecule has 11 nitrogen and oxygen atoms in total. The maximum atomic E-state index is 15.3. The number of halogens is 6. The van der Waals surface area contributed by atoms with E-state index in [4.69, 9.17) is 27.9 Å². The van der Waals surface area contributed by atoms with Crippen LogP contribution in [0.4, 0.5) is 29.1 Å². The highest BCUT2D eigenvalue weighted by Crippen LogP contribution is 2.64. The molecule has 4 amide bonds. The Kier molecular flexibility index (Phi) is 9.23. The van der Waals surface area contributed by atoms with Gasteiger partial charge in [-0.3, -0.25) is 29.6 Å². The molecule has 2 saturated heterocycles. The quantitative estimate of drug-likeness (QED) is 0.112. The predicted molar refractivity (Wildman–Crippen MR) is 198 cm³/mol. The number of allylic oxidation sites excluding steroid dienone is 2. The largest absolute Gasteiger partial charge is 0.504 e. The van der Waals surface area contributed by atoms with Gasteiger partial charge in [0.1, 0.15) is 11.5 Å². The number of nitrogens with one attached hydrogen (secondary N) is 1. The third-order valence-electron chi connectivity index (χ3n) is 11.5. The van der Waals surface area contributed by atoms with Gasteiger partial charge in [-0.05, 0) is 90.6 Å². The van der Waals surface area contributed by atoms with Crippen molar-refractivity contribution in [1.82, 2.24) is 15.0 Å². The van der Waals surface area contributed by atoms with Crippen LogP contribution >= 0.6 is 23.2 Å². The van der Waals surface area contributed by atoms with E-state index in [1.54, 1.807) is 36.4 Å². The number of carbonyl (C=O) groups excluding carboxylic acids is 4. The molecule has 294 valence electrons. The van der Waals surface area contributed by atoms with Gasteiger partial charge in [0.05, 0.1) is 41.0 Å². The highest BCUT2D eigenvalue weighted by Gasteiger charge is 2.70. The normalized spacial score (nSPS) is 25.5. The number of pyridine rings is 1. The minimum Gasteiger partial charge on any atom is -0.504 e. The summed E-state index contributed by atoms with van der Waals surface area (Å²) in [4.78, 5) is 62.5. The van der Waals surface area contributed by atoms with Crippen LogP contribution in [-0.2, 0) is 30.8 Å². The molecule has 2 aliphatic heterocycles. The zero-order valence-corrected chi connectivity index (χ0v) is 31.4. The zero-order chi connectivity index (χ0) is 40.7. The minimum absolute atomic E-state index is 0.00511. The van der Waals surface area contributed by atoms with E-state index in [2.05, 4.69) is 10.4 Å². The number of hydrogen-bond donors (Lipinski definition) is 2. The summed E-state index contributed by atoms with van der Waals surface area (Å²) in [6.45, 7) is 0. The minimum atomic E-state index is -4.85. The molecule has 1 saturated carbocycles. The van der Waals surface area contributed by atoms with Crippen molar-refractivity contribution in [1.29, 1.82) is 0 Å². The molecule has 1 aromatic heterocycles. The second-order valence-electron chi connectivity index (χ2n) is 14.3. The molecule has 3 heterocycles. The Hall–Kier alpha value is -5.67. The number of nitrogens with zero attached hydrogens (tertiary/aromatic N) is 4. The lowest BCUT2D eigenvalue weighted by molar-refractivity contribution is -0.142. The fraction of sp³-hybridized carbons (Fsp3) is 0.275. The number of aromatic nitrogens is 1. The number of benzene rings is 3. The first kappa shape index (κ1) is 38.2. The number of aromatic hydroxyl groups is 1. The number of methoxy groups -OCH3 is 1. The summed E-state index contributed by atoms with van der Waals surface area (Å²) in [6, 6.07) is 17.7. The van der Waals surface area contributed by atoms with E-state index >= 15 is 4.79 Å². The van der Waals surface area contributed by atoms with Gasteiger partial charge in [0.15, 0.2) is 17.3 Å². The Balaban J connectivity index is 1.29. The van der Waals surface area contributed by atoms with Gasteiger partial charge in [0.25, 0.3) is 23.6 Å². The molecule has 6 atom stereocenters. The molecule has 4 aliphatic rings. The summed E-state index contributed by atoms with van der Waals surface area (Å²) < 4.78 is 60.3. The fourth-order valence-electron chi connectivity index (χ4n) is 9.11. The van der Waals surface area contributed by atoms with Crippen molar-refractivity contribution in [2.24, 2.45) is 23.7 Å². The lowest BCUT2D eigenvalue weighted by Gasteiger charge is -2.50. The summed E-state index contributed by atoms with van der Waals surface area (Å²) in [5.41, 5.74) is 1.41. The van der Waals surface area contributed by atoms with Crippen molar-refractivity contribution in [3.63, 3.8) is 0 Å². The number of anilines is 2. The van der Waals surface area contributed by atoms with Crippen LogP contribution in [0.15, 0.2) is 90.5 Å². The van der Waals surface area contributed by atoms with Crippen molar-refractivity contribution < 1.29 is 46.6 Å². The van der Waals surface area contributed by atoms with Crippen LogP contribution in [0.1, 0.15) is 35.6 Å². The molecule has 0 spiro atoms. The van der Waals surface area contributed by atoms with Crippen LogP contribution in [0.3, 0.4) is 0 Å². The first-order valence-electron chi connectivity index (χ1n) is 17.7. The van der Waals surface area contributed by atoms with E-state index in [0.717, 1.165) is 33.2 Å². The van der Waals surface area contributed by atoms with Gasteiger partial charge in [-0.15, -0.1) is 0 Å². The molecule has 0 bridgehead atoms. The smallest absolute Gasteiger partial charge is 0.433 e. The Morgan fingerprint density at radius 1 is 0.930 bits per heavy atom. The molecule has 17 heteroatoms. The Morgan fingerprint density at radius 3 is 2.28 bits per heavy atom. The van der Waals surface area contributed by atoms with Crippen molar-refractivity contribution in [2.45, 2.75) is 30.4 Å². The summed E-state index contributed by atoms with van der Waals surface area (Å²) in [5.74, 6) is -9.17. The lowest BCUT2D eigenvalue weighted by Crippen LogP contribution is -2.53. The molecular weight excluding hydrogens is 793 g/mol. The summed E-state index contributed by atoms with van der Waals surface area (Å²) in [7, 11) is 2.58.